The van der Waals surface area contributed by atoms with Crippen molar-refractivity contribution >= 4 is 5.91 Å². The summed E-state index contributed by atoms with van der Waals surface area (Å²) in [5, 5.41) is 72.5. The fraction of sp³-hybridized carbons (Fsp3) is 0.921. The summed E-state index contributed by atoms with van der Waals surface area (Å²) in [4.78, 5) is 13.9. The fourth-order valence-electron chi connectivity index (χ4n) is 6.05. The number of amides is 1. The van der Waals surface area contributed by atoms with E-state index < -0.39 is 92.6 Å². The SMILES string of the molecule is C=CCOCCOCCOCCOCCOCCOCCOCC(COC1COC(C)(C(=O)N(C)C)OC1)O[C@H]1O[C@H](CO)[C@@H](O[C@@H]2OC(CO)[C@H](O)[C@H](O)C2O)C(O)C1O. The molecule has 7 N–H and O–H groups in total. The first-order valence-electron chi connectivity index (χ1n) is 20.4. The van der Waals surface area contributed by atoms with Gasteiger partial charge in [0, 0.05) is 14.1 Å². The molecule has 23 heteroatoms. The van der Waals surface area contributed by atoms with E-state index in [9.17, 15) is 40.5 Å². The molecule has 0 aliphatic carbocycles. The monoisotopic (exact) mass is 891 g/mol. The molecule has 5 unspecified atom stereocenters. The third-order valence-electron chi connectivity index (χ3n) is 9.46. The molecule has 358 valence electrons. The predicted octanol–water partition coefficient (Wildman–Crippen LogP) is -4.47. The molecule has 3 heterocycles. The lowest BCUT2D eigenvalue weighted by Crippen LogP contribution is -2.65. The van der Waals surface area contributed by atoms with Gasteiger partial charge in [0.15, 0.2) is 12.6 Å². The first-order valence-corrected chi connectivity index (χ1v) is 20.4. The van der Waals surface area contributed by atoms with Crippen molar-refractivity contribution in [2.75, 3.05) is 140 Å². The molecule has 0 saturated carbocycles. The van der Waals surface area contributed by atoms with Crippen molar-refractivity contribution in [3.05, 3.63) is 12.7 Å². The molecular formula is C38H69NO22. The van der Waals surface area contributed by atoms with Crippen LogP contribution in [0.2, 0.25) is 0 Å². The van der Waals surface area contributed by atoms with E-state index in [1.54, 1.807) is 20.2 Å². The third kappa shape index (κ3) is 18.4. The van der Waals surface area contributed by atoms with E-state index in [1.807, 2.05) is 0 Å². The molecule has 0 bridgehead atoms. The minimum absolute atomic E-state index is 0.00885. The second-order valence-corrected chi connectivity index (χ2v) is 14.5. The molecule has 3 aliphatic rings. The summed E-state index contributed by atoms with van der Waals surface area (Å²) in [6.07, 6.45) is -16.1. The van der Waals surface area contributed by atoms with Gasteiger partial charge in [0.1, 0.15) is 61.0 Å². The number of likely N-dealkylation sites (N-methyl/N-ethyl adjacent to an activating group) is 1. The predicted molar refractivity (Wildman–Crippen MR) is 206 cm³/mol. The molecule has 3 saturated heterocycles. The Morgan fingerprint density at radius 3 is 1.64 bits per heavy atom. The Morgan fingerprint density at radius 2 is 1.15 bits per heavy atom. The summed E-state index contributed by atoms with van der Waals surface area (Å²) in [6.45, 7) is 8.34. The molecule has 61 heavy (non-hydrogen) atoms. The van der Waals surface area contributed by atoms with Crippen molar-refractivity contribution in [1.29, 1.82) is 0 Å². The average molecular weight is 892 g/mol. The lowest BCUT2D eigenvalue weighted by atomic mass is 9.97. The van der Waals surface area contributed by atoms with Gasteiger partial charge in [0.25, 0.3) is 5.91 Å². The Hall–Kier alpha value is -1.63. The van der Waals surface area contributed by atoms with E-state index in [1.165, 1.54) is 11.8 Å². The molecule has 23 nitrogen and oxygen atoms in total. The summed E-state index contributed by atoms with van der Waals surface area (Å²) in [5.74, 6) is -1.87. The molecule has 0 radical (unpaired) electrons. The Kier molecular flexibility index (Phi) is 26.2. The van der Waals surface area contributed by atoms with Gasteiger partial charge in [-0.2, -0.15) is 0 Å². The maximum atomic E-state index is 12.5. The molecular weight excluding hydrogens is 822 g/mol. The van der Waals surface area contributed by atoms with E-state index in [2.05, 4.69) is 6.58 Å². The smallest absolute Gasteiger partial charge is 0.282 e. The van der Waals surface area contributed by atoms with Crippen LogP contribution in [0.15, 0.2) is 12.7 Å². The first-order chi connectivity index (χ1) is 29.4. The fourth-order valence-corrected chi connectivity index (χ4v) is 6.05. The molecule has 3 rings (SSSR count). The summed E-state index contributed by atoms with van der Waals surface area (Å²) in [5.41, 5.74) is 0. The van der Waals surface area contributed by atoms with Crippen molar-refractivity contribution in [3.63, 3.8) is 0 Å². The second kappa shape index (κ2) is 29.7. The molecule has 1 amide bonds. The zero-order valence-corrected chi connectivity index (χ0v) is 35.3. The highest BCUT2D eigenvalue weighted by atomic mass is 16.8. The van der Waals surface area contributed by atoms with Gasteiger partial charge in [-0.05, 0) is 6.92 Å². The molecule has 0 aromatic heterocycles. The molecule has 0 aromatic carbocycles. The minimum Gasteiger partial charge on any atom is -0.394 e. The van der Waals surface area contributed by atoms with Gasteiger partial charge in [-0.25, -0.2) is 0 Å². The van der Waals surface area contributed by atoms with E-state index in [0.29, 0.717) is 72.7 Å². The van der Waals surface area contributed by atoms with E-state index in [-0.39, 0.29) is 45.5 Å². The van der Waals surface area contributed by atoms with Crippen LogP contribution in [-0.2, 0) is 71.1 Å². The highest BCUT2D eigenvalue weighted by molar-refractivity contribution is 5.82. The molecule has 3 fully saturated rings. The number of carbonyl (C=O) groups excluding carboxylic acids is 1. The van der Waals surface area contributed by atoms with Gasteiger partial charge >= 0.3 is 0 Å². The molecule has 0 spiro atoms. The topological polar surface area (TPSA) is 291 Å². The van der Waals surface area contributed by atoms with Crippen LogP contribution in [0.3, 0.4) is 0 Å². The van der Waals surface area contributed by atoms with Crippen molar-refractivity contribution in [2.45, 2.75) is 86.3 Å². The number of rotatable bonds is 32. The first kappa shape index (κ1) is 53.7. The quantitative estimate of drug-likeness (QED) is 0.0248. The molecule has 0 aromatic rings. The highest BCUT2D eigenvalue weighted by Crippen LogP contribution is 2.30. The Balaban J connectivity index is 1.41. The van der Waals surface area contributed by atoms with Crippen LogP contribution in [0.4, 0.5) is 0 Å². The van der Waals surface area contributed by atoms with Crippen LogP contribution >= 0.6 is 0 Å². The number of hydrogen-bond acceptors (Lipinski definition) is 22. The van der Waals surface area contributed by atoms with Gasteiger partial charge in [-0.15, -0.1) is 6.58 Å². The summed E-state index contributed by atoms with van der Waals surface area (Å²) in [6, 6.07) is 0. The van der Waals surface area contributed by atoms with Crippen LogP contribution in [0, 0.1) is 0 Å². The summed E-state index contributed by atoms with van der Waals surface area (Å²) >= 11 is 0. The van der Waals surface area contributed by atoms with E-state index in [4.69, 9.17) is 66.3 Å². The third-order valence-corrected chi connectivity index (χ3v) is 9.46. The van der Waals surface area contributed by atoms with Crippen molar-refractivity contribution in [3.8, 4) is 0 Å². The number of ether oxygens (including phenoxy) is 14. The number of aliphatic hydroxyl groups excluding tert-OH is 7. The van der Waals surface area contributed by atoms with Crippen LogP contribution in [0.25, 0.3) is 0 Å². The van der Waals surface area contributed by atoms with Crippen molar-refractivity contribution in [2.24, 2.45) is 0 Å². The zero-order valence-electron chi connectivity index (χ0n) is 35.3. The average Bonchev–Trinajstić information content (AvgIpc) is 3.25. The van der Waals surface area contributed by atoms with Crippen molar-refractivity contribution < 1.29 is 107 Å². The van der Waals surface area contributed by atoms with Gasteiger partial charge in [-0.3, -0.25) is 4.79 Å². The van der Waals surface area contributed by atoms with Gasteiger partial charge in [0.2, 0.25) is 5.79 Å². The number of nitrogens with zero attached hydrogens (tertiary/aromatic N) is 1. The summed E-state index contributed by atoms with van der Waals surface area (Å²) < 4.78 is 78.5. The van der Waals surface area contributed by atoms with E-state index in [0.717, 1.165) is 0 Å². The van der Waals surface area contributed by atoms with Crippen LogP contribution < -0.4 is 0 Å². The van der Waals surface area contributed by atoms with Crippen LogP contribution in [-0.4, -0.2) is 266 Å². The zero-order chi connectivity index (χ0) is 44.6. The maximum Gasteiger partial charge on any atom is 0.282 e. The largest absolute Gasteiger partial charge is 0.394 e. The molecule has 3 aliphatic heterocycles. The number of hydrogen-bond donors (Lipinski definition) is 7. The number of carbonyl (C=O) groups is 1. The van der Waals surface area contributed by atoms with E-state index >= 15 is 0 Å². The second-order valence-electron chi connectivity index (χ2n) is 14.5. The molecule has 11 atom stereocenters. The summed E-state index contributed by atoms with van der Waals surface area (Å²) in [7, 11) is 3.16. The Bertz CT molecular complexity index is 1160. The number of aliphatic hydroxyl groups is 7. The van der Waals surface area contributed by atoms with Gasteiger partial charge in [0.05, 0.1) is 126 Å². The minimum atomic E-state index is -1.82. The van der Waals surface area contributed by atoms with Crippen molar-refractivity contribution in [1.82, 2.24) is 4.90 Å². The normalized spacial score (nSPS) is 32.5. The maximum absolute atomic E-state index is 12.5. The van der Waals surface area contributed by atoms with Crippen LogP contribution in [0.5, 0.6) is 0 Å². The highest BCUT2D eigenvalue weighted by Gasteiger charge is 2.51. The van der Waals surface area contributed by atoms with Gasteiger partial charge < -0.3 is 107 Å². The standard InChI is InChI=1S/C38H69NO22/c1-5-6-48-7-8-49-9-10-50-11-12-51-13-14-52-15-16-53-17-18-54-21-26(22-55-25-23-56-38(2,57-24-25)37(47)39(3)4)58-35-33(46)31(44)34(28(20-41)60-35)61-36-32(45)30(43)29(42)27(19-40)59-36/h5,25-36,40-46H,1,6-24H2,2-4H3/t25?,26?,27?,28-,29+,30+,31?,32?,33?,34-,35+,36+,38?/m1/s1. The Morgan fingerprint density at radius 1 is 0.672 bits per heavy atom. The van der Waals surface area contributed by atoms with Gasteiger partial charge in [-0.1, -0.05) is 6.08 Å². The van der Waals surface area contributed by atoms with Crippen LogP contribution in [0.1, 0.15) is 6.92 Å². The Labute approximate surface area is 356 Å². The lowest BCUT2D eigenvalue weighted by Gasteiger charge is -2.46. The lowest BCUT2D eigenvalue weighted by molar-refractivity contribution is -0.364.